The normalized spacial score (nSPS) is 20.1. The standard InChI is InChI=1S/C18H22N2OS/c21-22-18-15-19(13-16-7-3-1-4-8-16)11-12-20(18)14-17-9-5-2-6-10-17/h1-10,18,21H,11-15H2. The number of hydrogen-bond donors (Lipinski definition) is 1. The number of piperazine rings is 1. The molecule has 1 atom stereocenters. The van der Waals surface area contributed by atoms with Gasteiger partial charge in [-0.2, -0.15) is 0 Å². The Morgan fingerprint density at radius 3 is 2.05 bits per heavy atom. The van der Waals surface area contributed by atoms with Gasteiger partial charge >= 0.3 is 0 Å². The topological polar surface area (TPSA) is 26.7 Å². The minimum atomic E-state index is 0.137. The molecule has 0 aliphatic carbocycles. The van der Waals surface area contributed by atoms with Gasteiger partial charge in [-0.05, 0) is 11.1 Å². The average molecular weight is 314 g/mol. The van der Waals surface area contributed by atoms with E-state index in [0.717, 1.165) is 44.8 Å². The van der Waals surface area contributed by atoms with Crippen LogP contribution in [0.2, 0.25) is 0 Å². The van der Waals surface area contributed by atoms with Crippen molar-refractivity contribution in [3.63, 3.8) is 0 Å². The van der Waals surface area contributed by atoms with Crippen molar-refractivity contribution in [3.8, 4) is 0 Å². The third-order valence-electron chi connectivity index (χ3n) is 4.12. The van der Waals surface area contributed by atoms with Crippen molar-refractivity contribution in [2.75, 3.05) is 19.6 Å². The van der Waals surface area contributed by atoms with Crippen LogP contribution in [0.5, 0.6) is 0 Å². The molecule has 0 radical (unpaired) electrons. The molecule has 1 unspecified atom stereocenters. The molecule has 1 aliphatic rings. The van der Waals surface area contributed by atoms with Gasteiger partial charge in [0.05, 0.1) is 5.37 Å². The van der Waals surface area contributed by atoms with Crippen LogP contribution in [-0.2, 0) is 13.1 Å². The van der Waals surface area contributed by atoms with Crippen molar-refractivity contribution in [2.45, 2.75) is 18.5 Å². The summed E-state index contributed by atoms with van der Waals surface area (Å²) in [5, 5.41) is 0.137. The predicted octanol–water partition coefficient (Wildman–Crippen LogP) is 3.54. The molecule has 0 amide bonds. The summed E-state index contributed by atoms with van der Waals surface area (Å²) in [4.78, 5) is 4.78. The molecule has 116 valence electrons. The highest BCUT2D eigenvalue weighted by atomic mass is 32.2. The molecule has 1 fully saturated rings. The van der Waals surface area contributed by atoms with Gasteiger partial charge in [0, 0.05) is 44.8 Å². The lowest BCUT2D eigenvalue weighted by molar-refractivity contribution is 0.103. The molecule has 0 spiro atoms. The van der Waals surface area contributed by atoms with Crippen molar-refractivity contribution in [1.29, 1.82) is 0 Å². The second kappa shape index (κ2) is 7.79. The van der Waals surface area contributed by atoms with Crippen molar-refractivity contribution in [3.05, 3.63) is 71.8 Å². The summed E-state index contributed by atoms with van der Waals surface area (Å²) in [6.07, 6.45) is 0. The van der Waals surface area contributed by atoms with Gasteiger partial charge in [-0.3, -0.25) is 9.80 Å². The van der Waals surface area contributed by atoms with Crippen LogP contribution in [0.15, 0.2) is 60.7 Å². The van der Waals surface area contributed by atoms with E-state index in [0.29, 0.717) is 0 Å². The van der Waals surface area contributed by atoms with Gasteiger partial charge in [0.25, 0.3) is 0 Å². The van der Waals surface area contributed by atoms with Crippen LogP contribution in [0.25, 0.3) is 0 Å². The maximum atomic E-state index is 9.67. The fraction of sp³-hybridized carbons (Fsp3) is 0.333. The van der Waals surface area contributed by atoms with Gasteiger partial charge in [0.2, 0.25) is 0 Å². The largest absolute Gasteiger partial charge is 0.329 e. The number of hydrogen-bond acceptors (Lipinski definition) is 4. The lowest BCUT2D eigenvalue weighted by Gasteiger charge is -2.40. The van der Waals surface area contributed by atoms with Gasteiger partial charge in [-0.25, -0.2) is 0 Å². The summed E-state index contributed by atoms with van der Waals surface area (Å²) in [5.41, 5.74) is 2.64. The second-order valence-corrected chi connectivity index (χ2v) is 6.49. The molecule has 0 aromatic heterocycles. The molecule has 3 nitrogen and oxygen atoms in total. The fourth-order valence-electron chi connectivity index (χ4n) is 2.93. The third kappa shape index (κ3) is 4.11. The lowest BCUT2D eigenvalue weighted by Crippen LogP contribution is -2.50. The van der Waals surface area contributed by atoms with E-state index in [-0.39, 0.29) is 5.37 Å². The predicted molar refractivity (Wildman–Crippen MR) is 92.6 cm³/mol. The van der Waals surface area contributed by atoms with Gasteiger partial charge in [0.1, 0.15) is 0 Å². The summed E-state index contributed by atoms with van der Waals surface area (Å²) < 4.78 is 9.67. The summed E-state index contributed by atoms with van der Waals surface area (Å²) in [6.45, 7) is 4.77. The van der Waals surface area contributed by atoms with Crippen LogP contribution in [0, 0.1) is 0 Å². The molecular formula is C18H22N2OS. The molecule has 1 saturated heterocycles. The lowest BCUT2D eigenvalue weighted by atomic mass is 10.1. The maximum Gasteiger partial charge on any atom is 0.0953 e. The Balaban J connectivity index is 1.59. The fourth-order valence-corrected chi connectivity index (χ4v) is 3.52. The zero-order chi connectivity index (χ0) is 15.2. The van der Waals surface area contributed by atoms with Crippen molar-refractivity contribution < 1.29 is 4.55 Å². The van der Waals surface area contributed by atoms with E-state index < -0.39 is 0 Å². The Bertz CT molecular complexity index is 564. The second-order valence-electron chi connectivity index (χ2n) is 5.74. The zero-order valence-electron chi connectivity index (χ0n) is 12.6. The molecule has 2 aromatic carbocycles. The minimum absolute atomic E-state index is 0.137. The Labute approximate surface area is 136 Å². The van der Waals surface area contributed by atoms with Gasteiger partial charge in [-0.15, -0.1) is 0 Å². The van der Waals surface area contributed by atoms with E-state index in [1.54, 1.807) is 0 Å². The van der Waals surface area contributed by atoms with Crippen LogP contribution in [-0.4, -0.2) is 39.4 Å². The van der Waals surface area contributed by atoms with Gasteiger partial charge in [-0.1, -0.05) is 60.7 Å². The van der Waals surface area contributed by atoms with E-state index in [9.17, 15) is 4.55 Å². The number of rotatable bonds is 5. The van der Waals surface area contributed by atoms with E-state index in [2.05, 4.69) is 58.3 Å². The van der Waals surface area contributed by atoms with Crippen LogP contribution in [0.3, 0.4) is 0 Å². The van der Waals surface area contributed by atoms with Crippen LogP contribution in [0.4, 0.5) is 0 Å². The van der Waals surface area contributed by atoms with E-state index in [4.69, 9.17) is 0 Å². The molecule has 0 bridgehead atoms. The highest BCUT2D eigenvalue weighted by molar-refractivity contribution is 7.94. The molecule has 1 aliphatic heterocycles. The van der Waals surface area contributed by atoms with Gasteiger partial charge < -0.3 is 4.55 Å². The Kier molecular flexibility index (Phi) is 5.51. The van der Waals surface area contributed by atoms with Gasteiger partial charge in [0.15, 0.2) is 0 Å². The van der Waals surface area contributed by atoms with Crippen molar-refractivity contribution >= 4 is 12.0 Å². The molecule has 3 rings (SSSR count). The van der Waals surface area contributed by atoms with E-state index >= 15 is 0 Å². The molecule has 0 saturated carbocycles. The van der Waals surface area contributed by atoms with E-state index in [1.165, 1.54) is 11.1 Å². The summed E-state index contributed by atoms with van der Waals surface area (Å²) in [6, 6.07) is 21.0. The number of nitrogens with zero attached hydrogens (tertiary/aromatic N) is 2. The SMILES string of the molecule is OSC1CN(Cc2ccccc2)CCN1Cc1ccccc1. The first-order chi connectivity index (χ1) is 10.8. The first kappa shape index (κ1) is 15.6. The highest BCUT2D eigenvalue weighted by Crippen LogP contribution is 2.22. The Morgan fingerprint density at radius 1 is 0.864 bits per heavy atom. The summed E-state index contributed by atoms with van der Waals surface area (Å²) in [7, 11) is 0. The van der Waals surface area contributed by atoms with Crippen molar-refractivity contribution in [1.82, 2.24) is 9.80 Å². The highest BCUT2D eigenvalue weighted by Gasteiger charge is 2.27. The molecule has 4 heteroatoms. The monoisotopic (exact) mass is 314 g/mol. The first-order valence-electron chi connectivity index (χ1n) is 7.69. The quantitative estimate of drug-likeness (QED) is 0.854. The summed E-state index contributed by atoms with van der Waals surface area (Å²) >= 11 is 0.972. The average Bonchev–Trinajstić information content (AvgIpc) is 2.58. The van der Waals surface area contributed by atoms with Crippen molar-refractivity contribution in [2.24, 2.45) is 0 Å². The first-order valence-corrected chi connectivity index (χ1v) is 8.53. The third-order valence-corrected chi connectivity index (χ3v) is 4.81. The molecule has 22 heavy (non-hydrogen) atoms. The zero-order valence-corrected chi connectivity index (χ0v) is 13.5. The van der Waals surface area contributed by atoms with Crippen LogP contribution >= 0.6 is 12.0 Å². The molecule has 1 heterocycles. The molecule has 2 aromatic rings. The Hall–Kier alpha value is -1.33. The number of benzene rings is 2. The Morgan fingerprint density at radius 2 is 1.45 bits per heavy atom. The maximum absolute atomic E-state index is 9.67. The van der Waals surface area contributed by atoms with E-state index in [1.807, 2.05) is 12.1 Å². The molecule has 1 N–H and O–H groups in total. The van der Waals surface area contributed by atoms with Crippen LogP contribution in [0.1, 0.15) is 11.1 Å². The molecular weight excluding hydrogens is 292 g/mol. The summed E-state index contributed by atoms with van der Waals surface area (Å²) in [5.74, 6) is 0. The smallest absolute Gasteiger partial charge is 0.0953 e. The van der Waals surface area contributed by atoms with Crippen LogP contribution < -0.4 is 0 Å². The minimum Gasteiger partial charge on any atom is -0.329 e.